The number of aliphatic hydroxyl groups excluding tert-OH is 7. The van der Waals surface area contributed by atoms with Crippen molar-refractivity contribution in [1.82, 2.24) is 0 Å². The maximum atomic E-state index is 10.6. The minimum absolute atomic E-state index is 0.514. The minimum Gasteiger partial charge on any atom is -0.394 e. The molecule has 2 rings (SSSR count). The molecule has 2 aliphatic heterocycles. The van der Waals surface area contributed by atoms with E-state index in [0.29, 0.717) is 0 Å². The van der Waals surface area contributed by atoms with E-state index in [1.807, 2.05) is 0 Å². The number of rotatable bonds is 12. The van der Waals surface area contributed by atoms with Gasteiger partial charge in [-0.3, -0.25) is 0 Å². The van der Waals surface area contributed by atoms with Crippen molar-refractivity contribution in [3.63, 3.8) is 0 Å². The van der Waals surface area contributed by atoms with Crippen molar-refractivity contribution in [2.45, 2.75) is 106 Å². The van der Waals surface area contributed by atoms with Crippen LogP contribution in [0, 0.1) is 0 Å². The average molecular weight is 471 g/mol. The molecular weight excluding hydrogens is 432 g/mol. The van der Waals surface area contributed by atoms with Gasteiger partial charge in [-0.25, -0.2) is 0 Å². The van der Waals surface area contributed by atoms with E-state index >= 15 is 0 Å². The van der Waals surface area contributed by atoms with E-state index in [-0.39, 0.29) is 0 Å². The topological polar surface area (TPSA) is 169 Å². The number of aliphatic hydroxyl groups is 7. The van der Waals surface area contributed by atoms with Crippen molar-refractivity contribution in [3.05, 3.63) is 0 Å². The van der Waals surface area contributed by atoms with Crippen LogP contribution >= 0.6 is 11.8 Å². The Labute approximate surface area is 187 Å². The van der Waals surface area contributed by atoms with Crippen molar-refractivity contribution < 1.29 is 50.0 Å². The fraction of sp³-hybridized carbons (Fsp3) is 1.00. The molecule has 2 aliphatic rings. The molecule has 184 valence electrons. The lowest BCUT2D eigenvalue weighted by Crippen LogP contribution is -2.64. The first-order chi connectivity index (χ1) is 14.8. The first-order valence-corrected chi connectivity index (χ1v) is 12.1. The van der Waals surface area contributed by atoms with Gasteiger partial charge in [-0.05, 0) is 12.2 Å². The minimum atomic E-state index is -1.67. The summed E-state index contributed by atoms with van der Waals surface area (Å²) in [4.78, 5) is 0. The summed E-state index contributed by atoms with van der Waals surface area (Å²) in [6, 6.07) is 0. The molecule has 0 saturated carbocycles. The van der Waals surface area contributed by atoms with Crippen LogP contribution < -0.4 is 0 Å². The molecule has 0 aliphatic carbocycles. The molecule has 10 nitrogen and oxygen atoms in total. The molecule has 2 fully saturated rings. The highest BCUT2D eigenvalue weighted by atomic mass is 32.2. The van der Waals surface area contributed by atoms with Crippen LogP contribution in [0.2, 0.25) is 0 Å². The van der Waals surface area contributed by atoms with Crippen LogP contribution in [0.5, 0.6) is 0 Å². The zero-order chi connectivity index (χ0) is 23.0. The van der Waals surface area contributed by atoms with Gasteiger partial charge in [-0.2, -0.15) is 0 Å². The molecule has 7 N–H and O–H groups in total. The number of ether oxygens (including phenoxy) is 3. The predicted octanol–water partition coefficient (Wildman–Crippen LogP) is -1.30. The third kappa shape index (κ3) is 7.21. The van der Waals surface area contributed by atoms with Crippen molar-refractivity contribution in [1.29, 1.82) is 0 Å². The average Bonchev–Trinajstić information content (AvgIpc) is 2.77. The summed E-state index contributed by atoms with van der Waals surface area (Å²) in [5.74, 6) is 0.733. The molecule has 0 aromatic rings. The Balaban J connectivity index is 1.90. The van der Waals surface area contributed by atoms with Crippen LogP contribution in [0.15, 0.2) is 0 Å². The second-order valence-corrected chi connectivity index (χ2v) is 9.35. The van der Waals surface area contributed by atoms with Gasteiger partial charge in [-0.1, -0.05) is 39.0 Å². The van der Waals surface area contributed by atoms with Crippen LogP contribution in [-0.4, -0.2) is 115 Å². The summed E-state index contributed by atoms with van der Waals surface area (Å²) in [5.41, 5.74) is -0.752. The largest absolute Gasteiger partial charge is 0.394 e. The molecule has 4 unspecified atom stereocenters. The molecule has 0 amide bonds. The van der Waals surface area contributed by atoms with Gasteiger partial charge in [-0.15, -0.1) is 11.8 Å². The lowest BCUT2D eigenvalue weighted by atomic mass is 9.97. The second-order valence-electron chi connectivity index (χ2n) is 8.14. The Morgan fingerprint density at radius 2 is 1.35 bits per heavy atom. The van der Waals surface area contributed by atoms with E-state index in [2.05, 4.69) is 6.92 Å². The normalized spacial score (nSPS) is 41.4. The van der Waals surface area contributed by atoms with Gasteiger partial charge >= 0.3 is 0 Å². The second kappa shape index (κ2) is 13.6. The molecule has 0 bridgehead atoms. The Bertz CT molecular complexity index is 497. The smallest absolute Gasteiger partial charge is 0.187 e. The van der Waals surface area contributed by atoms with E-state index in [1.54, 1.807) is 0 Å². The zero-order valence-electron chi connectivity index (χ0n) is 17.9. The van der Waals surface area contributed by atoms with Crippen LogP contribution in [-0.2, 0) is 14.2 Å². The Morgan fingerprint density at radius 3 is 2.00 bits per heavy atom. The Kier molecular flexibility index (Phi) is 11.9. The molecular formula is C20H38O10S. The molecule has 0 aromatic heterocycles. The number of thioether (sulfide) groups is 1. The molecule has 11 heteroatoms. The SMILES string of the molecule is CCCCCCCCS[C@@H]1OC(CO)[C@@H](O[C@H]2OC(CO)[C@@H](O)[C@H](O)C2O)[C@H](O)C1O. The summed E-state index contributed by atoms with van der Waals surface area (Å²) in [7, 11) is 0. The van der Waals surface area contributed by atoms with Crippen molar-refractivity contribution in [3.8, 4) is 0 Å². The first kappa shape index (κ1) is 27.2. The van der Waals surface area contributed by atoms with Gasteiger partial charge in [0.25, 0.3) is 0 Å². The van der Waals surface area contributed by atoms with Gasteiger partial charge in [0.15, 0.2) is 6.29 Å². The summed E-state index contributed by atoms with van der Waals surface area (Å²) in [6.07, 6.45) is -5.77. The van der Waals surface area contributed by atoms with Crippen LogP contribution in [0.4, 0.5) is 0 Å². The van der Waals surface area contributed by atoms with Gasteiger partial charge in [0.2, 0.25) is 0 Å². The van der Waals surface area contributed by atoms with Crippen molar-refractivity contribution >= 4 is 11.8 Å². The summed E-state index contributed by atoms with van der Waals surface area (Å²) < 4.78 is 16.6. The van der Waals surface area contributed by atoms with Gasteiger partial charge in [0, 0.05) is 0 Å². The number of unbranched alkanes of at least 4 members (excludes halogenated alkanes) is 5. The summed E-state index contributed by atoms with van der Waals surface area (Å²) in [6.45, 7) is 1.02. The van der Waals surface area contributed by atoms with Gasteiger partial charge < -0.3 is 50.0 Å². The zero-order valence-corrected chi connectivity index (χ0v) is 18.7. The van der Waals surface area contributed by atoms with E-state index < -0.39 is 73.8 Å². The van der Waals surface area contributed by atoms with E-state index in [1.165, 1.54) is 31.0 Å². The van der Waals surface area contributed by atoms with E-state index in [4.69, 9.17) is 14.2 Å². The highest BCUT2D eigenvalue weighted by Gasteiger charge is 2.50. The third-order valence-electron chi connectivity index (χ3n) is 5.74. The van der Waals surface area contributed by atoms with Crippen LogP contribution in [0.3, 0.4) is 0 Å². The maximum Gasteiger partial charge on any atom is 0.187 e. The highest BCUT2D eigenvalue weighted by Crippen LogP contribution is 2.33. The van der Waals surface area contributed by atoms with Gasteiger partial charge in [0.1, 0.15) is 54.3 Å². The molecule has 0 radical (unpaired) electrons. The molecule has 2 saturated heterocycles. The van der Waals surface area contributed by atoms with E-state index in [9.17, 15) is 35.7 Å². The van der Waals surface area contributed by atoms with Crippen molar-refractivity contribution in [2.75, 3.05) is 19.0 Å². The molecule has 0 aromatic carbocycles. The summed E-state index contributed by atoms with van der Waals surface area (Å²) >= 11 is 1.36. The fourth-order valence-corrected chi connectivity index (χ4v) is 4.96. The predicted molar refractivity (Wildman–Crippen MR) is 112 cm³/mol. The van der Waals surface area contributed by atoms with Gasteiger partial charge in [0.05, 0.1) is 13.2 Å². The summed E-state index contributed by atoms with van der Waals surface area (Å²) in [5, 5.41) is 70.0. The number of hydrogen-bond donors (Lipinski definition) is 7. The lowest BCUT2D eigenvalue weighted by Gasteiger charge is -2.46. The maximum absolute atomic E-state index is 10.6. The number of hydrogen-bond acceptors (Lipinski definition) is 11. The first-order valence-electron chi connectivity index (χ1n) is 11.1. The quantitative estimate of drug-likeness (QED) is 0.169. The van der Waals surface area contributed by atoms with Crippen LogP contribution in [0.25, 0.3) is 0 Å². The molecule has 10 atom stereocenters. The van der Waals surface area contributed by atoms with E-state index in [0.717, 1.165) is 25.0 Å². The monoisotopic (exact) mass is 470 g/mol. The third-order valence-corrected chi connectivity index (χ3v) is 6.98. The Morgan fingerprint density at radius 1 is 0.710 bits per heavy atom. The Hall–Kier alpha value is -0.0500. The highest BCUT2D eigenvalue weighted by molar-refractivity contribution is 7.99. The standard InChI is InChI=1S/C20H38O10S/c1-2-3-4-5-6-7-8-31-20-17(27)15(25)18(12(10-22)29-20)30-19-16(26)14(24)13(23)11(9-21)28-19/h11-27H,2-10H2,1H3/t11?,12?,13-,14+,15-,16?,17?,18-,19-,20+/m1/s1. The molecule has 31 heavy (non-hydrogen) atoms. The fourth-order valence-electron chi connectivity index (χ4n) is 3.77. The van der Waals surface area contributed by atoms with Crippen molar-refractivity contribution in [2.24, 2.45) is 0 Å². The lowest BCUT2D eigenvalue weighted by molar-refractivity contribution is -0.338. The van der Waals surface area contributed by atoms with Crippen LogP contribution in [0.1, 0.15) is 45.4 Å². The molecule has 2 heterocycles. The molecule has 0 spiro atoms.